The molecule has 0 radical (unpaired) electrons. The number of methoxy groups -OCH3 is 1. The largest absolute Gasteiger partial charge is 0.493 e. The first-order valence-electron chi connectivity index (χ1n) is 6.52. The van der Waals surface area contributed by atoms with E-state index in [1.54, 1.807) is 12.1 Å². The minimum absolute atomic E-state index is 0.131. The number of fused-ring (bicyclic) bond motifs is 1. The van der Waals surface area contributed by atoms with Crippen molar-refractivity contribution in [3.05, 3.63) is 57.2 Å². The monoisotopic (exact) mass is 369 g/mol. The van der Waals surface area contributed by atoms with Crippen LogP contribution in [0.15, 0.2) is 40.8 Å². The summed E-state index contributed by atoms with van der Waals surface area (Å²) < 4.78 is 10.8. The van der Waals surface area contributed by atoms with Crippen LogP contribution in [0.5, 0.6) is 5.75 Å². The van der Waals surface area contributed by atoms with Gasteiger partial charge in [0.2, 0.25) is 0 Å². The predicted octanol–water partition coefficient (Wildman–Crippen LogP) is 5.65. The molecule has 0 saturated heterocycles. The molecule has 0 saturated carbocycles. The van der Waals surface area contributed by atoms with E-state index in [-0.39, 0.29) is 15.8 Å². The Labute approximate surface area is 146 Å². The molecule has 3 aromatic rings. The van der Waals surface area contributed by atoms with Gasteiger partial charge in [0.15, 0.2) is 17.1 Å². The minimum Gasteiger partial charge on any atom is -0.493 e. The molecule has 0 aliphatic rings. The number of furan rings is 1. The Morgan fingerprint density at radius 2 is 1.83 bits per heavy atom. The number of benzene rings is 2. The first-order chi connectivity index (χ1) is 11.0. The average molecular weight is 371 g/mol. The second-order valence-corrected chi connectivity index (χ2v) is 5.91. The summed E-state index contributed by atoms with van der Waals surface area (Å²) in [6.45, 7) is 0. The van der Waals surface area contributed by atoms with Gasteiger partial charge < -0.3 is 14.5 Å². The smallest absolute Gasteiger partial charge is 0.291 e. The zero-order valence-corrected chi connectivity index (χ0v) is 14.1. The van der Waals surface area contributed by atoms with Crippen LogP contribution in [0.4, 0.5) is 5.69 Å². The number of carbonyl (C=O) groups is 1. The molecule has 118 valence electrons. The number of amides is 1. The number of nitrogens with one attached hydrogen (secondary N) is 1. The molecule has 0 unspecified atom stereocenters. The van der Waals surface area contributed by atoms with Crippen LogP contribution >= 0.6 is 34.8 Å². The molecule has 2 aromatic carbocycles. The van der Waals surface area contributed by atoms with Crippen LogP contribution in [-0.4, -0.2) is 13.0 Å². The summed E-state index contributed by atoms with van der Waals surface area (Å²) in [7, 11) is 1.53. The highest BCUT2D eigenvalue weighted by atomic mass is 35.5. The van der Waals surface area contributed by atoms with Gasteiger partial charge in [-0.15, -0.1) is 0 Å². The highest BCUT2D eigenvalue weighted by Crippen LogP contribution is 2.33. The maximum atomic E-state index is 12.4. The van der Waals surface area contributed by atoms with Crippen LogP contribution in [-0.2, 0) is 0 Å². The molecule has 1 N–H and O–H groups in total. The van der Waals surface area contributed by atoms with Gasteiger partial charge in [-0.3, -0.25) is 4.79 Å². The van der Waals surface area contributed by atoms with Crippen molar-refractivity contribution in [2.24, 2.45) is 0 Å². The Morgan fingerprint density at radius 1 is 1.09 bits per heavy atom. The van der Waals surface area contributed by atoms with Gasteiger partial charge in [-0.2, -0.15) is 0 Å². The molecule has 0 spiro atoms. The lowest BCUT2D eigenvalue weighted by Gasteiger charge is -2.07. The van der Waals surface area contributed by atoms with Gasteiger partial charge in [0.25, 0.3) is 5.91 Å². The van der Waals surface area contributed by atoms with Gasteiger partial charge in [0.05, 0.1) is 27.9 Å². The quantitative estimate of drug-likeness (QED) is 0.606. The molecule has 3 rings (SSSR count). The molecule has 23 heavy (non-hydrogen) atoms. The number of hydrogen-bond donors (Lipinski definition) is 1. The molecule has 1 amide bonds. The Balaban J connectivity index is 1.94. The van der Waals surface area contributed by atoms with Crippen LogP contribution < -0.4 is 10.1 Å². The first-order valence-corrected chi connectivity index (χ1v) is 7.65. The third-order valence-corrected chi connectivity index (χ3v) is 4.24. The summed E-state index contributed by atoms with van der Waals surface area (Å²) in [5.41, 5.74) is 0.846. The zero-order valence-electron chi connectivity index (χ0n) is 11.8. The number of para-hydroxylation sites is 1. The van der Waals surface area contributed by atoms with Gasteiger partial charge in [0.1, 0.15) is 0 Å². The lowest BCUT2D eigenvalue weighted by Crippen LogP contribution is -2.11. The standard InChI is InChI=1S/C16H10Cl3NO3/c1-22-13-4-2-3-8-5-14(23-15(8)13)16(21)20-12-7-10(18)9(17)6-11(12)19/h2-7H,1H3,(H,20,21). The normalized spacial score (nSPS) is 10.8. The van der Waals surface area contributed by atoms with Crippen LogP contribution in [0, 0.1) is 0 Å². The molecule has 0 aliphatic carbocycles. The van der Waals surface area contributed by atoms with Crippen LogP contribution in [0.2, 0.25) is 15.1 Å². The van der Waals surface area contributed by atoms with Crippen molar-refractivity contribution in [2.75, 3.05) is 12.4 Å². The van der Waals surface area contributed by atoms with Crippen LogP contribution in [0.25, 0.3) is 11.0 Å². The van der Waals surface area contributed by atoms with E-state index in [1.807, 2.05) is 12.1 Å². The third-order valence-electron chi connectivity index (χ3n) is 3.21. The number of ether oxygens (including phenoxy) is 1. The molecule has 0 atom stereocenters. The van der Waals surface area contributed by atoms with E-state index in [0.29, 0.717) is 22.0 Å². The van der Waals surface area contributed by atoms with Crippen molar-refractivity contribution >= 4 is 57.4 Å². The fourth-order valence-electron chi connectivity index (χ4n) is 2.11. The maximum absolute atomic E-state index is 12.4. The van der Waals surface area contributed by atoms with Crippen molar-refractivity contribution in [1.82, 2.24) is 0 Å². The Kier molecular flexibility index (Phi) is 4.39. The van der Waals surface area contributed by atoms with E-state index in [4.69, 9.17) is 44.0 Å². The zero-order chi connectivity index (χ0) is 16.6. The molecule has 0 bridgehead atoms. The van der Waals surface area contributed by atoms with E-state index >= 15 is 0 Å². The molecule has 0 fully saturated rings. The topological polar surface area (TPSA) is 51.5 Å². The van der Waals surface area contributed by atoms with E-state index < -0.39 is 5.91 Å². The number of hydrogen-bond acceptors (Lipinski definition) is 3. The summed E-state index contributed by atoms with van der Waals surface area (Å²) in [6, 6.07) is 9.95. The average Bonchev–Trinajstić information content (AvgIpc) is 2.96. The fraction of sp³-hybridized carbons (Fsp3) is 0.0625. The molecule has 1 aromatic heterocycles. The van der Waals surface area contributed by atoms with Gasteiger partial charge in [0, 0.05) is 5.39 Å². The highest BCUT2D eigenvalue weighted by Gasteiger charge is 2.16. The summed E-state index contributed by atoms with van der Waals surface area (Å²) >= 11 is 17.9. The fourth-order valence-corrected chi connectivity index (χ4v) is 2.71. The van der Waals surface area contributed by atoms with E-state index in [9.17, 15) is 4.79 Å². The number of halogens is 3. The molecule has 4 nitrogen and oxygen atoms in total. The van der Waals surface area contributed by atoms with Gasteiger partial charge in [-0.05, 0) is 24.3 Å². The third kappa shape index (κ3) is 3.11. The molecular formula is C16H10Cl3NO3. The van der Waals surface area contributed by atoms with Crippen molar-refractivity contribution < 1.29 is 13.9 Å². The Morgan fingerprint density at radius 3 is 2.57 bits per heavy atom. The summed E-state index contributed by atoms with van der Waals surface area (Å²) in [6.07, 6.45) is 0. The second-order valence-electron chi connectivity index (χ2n) is 4.69. The van der Waals surface area contributed by atoms with E-state index in [1.165, 1.54) is 19.2 Å². The maximum Gasteiger partial charge on any atom is 0.291 e. The lowest BCUT2D eigenvalue weighted by molar-refractivity contribution is 0.0998. The number of carbonyl (C=O) groups excluding carboxylic acids is 1. The Hall–Kier alpha value is -1.88. The van der Waals surface area contributed by atoms with Crippen LogP contribution in [0.3, 0.4) is 0 Å². The van der Waals surface area contributed by atoms with Gasteiger partial charge >= 0.3 is 0 Å². The minimum atomic E-state index is -0.455. The lowest BCUT2D eigenvalue weighted by atomic mass is 10.2. The predicted molar refractivity (Wildman–Crippen MR) is 92.2 cm³/mol. The number of rotatable bonds is 3. The molecule has 1 heterocycles. The molecule has 0 aliphatic heterocycles. The number of anilines is 1. The van der Waals surface area contributed by atoms with Crippen LogP contribution in [0.1, 0.15) is 10.6 Å². The van der Waals surface area contributed by atoms with Gasteiger partial charge in [-0.1, -0.05) is 46.9 Å². The highest BCUT2D eigenvalue weighted by molar-refractivity contribution is 6.44. The van der Waals surface area contributed by atoms with Crippen molar-refractivity contribution in [1.29, 1.82) is 0 Å². The first kappa shape index (κ1) is 16.0. The van der Waals surface area contributed by atoms with E-state index in [0.717, 1.165) is 5.39 Å². The molecule has 7 heteroatoms. The summed E-state index contributed by atoms with van der Waals surface area (Å²) in [4.78, 5) is 12.4. The van der Waals surface area contributed by atoms with E-state index in [2.05, 4.69) is 5.32 Å². The summed E-state index contributed by atoms with van der Waals surface area (Å²) in [5.74, 6) is 0.226. The Bertz CT molecular complexity index is 905. The summed E-state index contributed by atoms with van der Waals surface area (Å²) in [5, 5.41) is 4.28. The molecular weight excluding hydrogens is 361 g/mol. The van der Waals surface area contributed by atoms with Gasteiger partial charge in [-0.25, -0.2) is 0 Å². The SMILES string of the molecule is COc1cccc2cc(C(=O)Nc3cc(Cl)c(Cl)cc3Cl)oc12. The van der Waals surface area contributed by atoms with Crippen molar-refractivity contribution in [3.8, 4) is 5.75 Å². The second kappa shape index (κ2) is 6.32. The van der Waals surface area contributed by atoms with Crippen molar-refractivity contribution in [2.45, 2.75) is 0 Å². The van der Waals surface area contributed by atoms with Crippen molar-refractivity contribution in [3.63, 3.8) is 0 Å².